The Bertz CT molecular complexity index is 1470. The lowest BCUT2D eigenvalue weighted by molar-refractivity contribution is 0.768. The van der Waals surface area contributed by atoms with E-state index in [4.69, 9.17) is 4.98 Å². The largest absolute Gasteiger partial charge is 0.353 e. The minimum atomic E-state index is 0.790. The average molecular weight is 397 g/mol. The molecule has 7 nitrogen and oxygen atoms in total. The number of aryl methyl sites for hydroxylation is 1. The molecule has 0 atom stereocenters. The van der Waals surface area contributed by atoms with Gasteiger partial charge in [0.1, 0.15) is 11.2 Å². The van der Waals surface area contributed by atoms with Crippen molar-refractivity contribution in [1.29, 1.82) is 0 Å². The molecule has 0 saturated carbocycles. The smallest absolute Gasteiger partial charge is 0.135 e. The van der Waals surface area contributed by atoms with Crippen LogP contribution in [0.3, 0.4) is 0 Å². The summed E-state index contributed by atoms with van der Waals surface area (Å²) >= 11 is 1.67. The van der Waals surface area contributed by atoms with Crippen LogP contribution in [0.5, 0.6) is 0 Å². The molecule has 140 valence electrons. The summed E-state index contributed by atoms with van der Waals surface area (Å²) in [7, 11) is 1.90. The molecular formula is C21H15N7S. The number of thiophene rings is 1. The quantitative estimate of drug-likeness (QED) is 0.456. The molecule has 6 rings (SSSR count). The predicted octanol–water partition coefficient (Wildman–Crippen LogP) is 4.63. The Hall–Kier alpha value is -3.78. The first-order valence-corrected chi connectivity index (χ1v) is 10.1. The first-order valence-electron chi connectivity index (χ1n) is 9.11. The Morgan fingerprint density at radius 3 is 2.83 bits per heavy atom. The Balaban J connectivity index is 1.53. The number of hydrogen-bond acceptors (Lipinski definition) is 5. The van der Waals surface area contributed by atoms with Crippen LogP contribution in [0.2, 0.25) is 0 Å². The molecule has 0 aliphatic heterocycles. The SMILES string of the molecule is Cn1cc(-c2ccc3[nH]nc(-c4cc5c(-c6ccsc6)nccc5[nH]4)c3n2)cn1. The van der Waals surface area contributed by atoms with Gasteiger partial charge in [0.05, 0.1) is 28.8 Å². The third-order valence-electron chi connectivity index (χ3n) is 5.01. The van der Waals surface area contributed by atoms with Gasteiger partial charge in [-0.25, -0.2) is 4.98 Å². The lowest BCUT2D eigenvalue weighted by atomic mass is 10.1. The van der Waals surface area contributed by atoms with E-state index in [1.54, 1.807) is 16.0 Å². The Kier molecular flexibility index (Phi) is 3.41. The van der Waals surface area contributed by atoms with Gasteiger partial charge in [-0.15, -0.1) is 0 Å². The van der Waals surface area contributed by atoms with Gasteiger partial charge < -0.3 is 4.98 Å². The molecule has 8 heteroatoms. The van der Waals surface area contributed by atoms with Crippen molar-refractivity contribution in [2.45, 2.75) is 0 Å². The number of aromatic nitrogens is 7. The van der Waals surface area contributed by atoms with Crippen LogP contribution in [-0.4, -0.2) is 34.9 Å². The molecule has 0 radical (unpaired) electrons. The van der Waals surface area contributed by atoms with Gasteiger partial charge in [0, 0.05) is 46.9 Å². The van der Waals surface area contributed by atoms with Gasteiger partial charge in [0.2, 0.25) is 0 Å². The van der Waals surface area contributed by atoms with E-state index in [9.17, 15) is 0 Å². The van der Waals surface area contributed by atoms with E-state index in [0.717, 1.165) is 55.8 Å². The summed E-state index contributed by atoms with van der Waals surface area (Å²) in [5.41, 5.74) is 8.36. The van der Waals surface area contributed by atoms with Crippen molar-refractivity contribution in [2.75, 3.05) is 0 Å². The topological polar surface area (TPSA) is 88.1 Å². The zero-order valence-corrected chi connectivity index (χ0v) is 16.2. The summed E-state index contributed by atoms with van der Waals surface area (Å²) in [6, 6.07) is 10.2. The van der Waals surface area contributed by atoms with Gasteiger partial charge >= 0.3 is 0 Å². The summed E-state index contributed by atoms with van der Waals surface area (Å²) in [6.07, 6.45) is 5.60. The van der Waals surface area contributed by atoms with Crippen molar-refractivity contribution >= 4 is 33.3 Å². The number of fused-ring (bicyclic) bond motifs is 2. The standard InChI is InChI=1S/C21H15N7S/c1-28-10-13(9-23-28)15-2-3-17-20(25-15)21(27-26-17)18-8-14-16(24-18)4-6-22-19(14)12-5-7-29-11-12/h2-11,24H,1H3,(H,26,27). The zero-order valence-electron chi connectivity index (χ0n) is 15.4. The highest BCUT2D eigenvalue weighted by molar-refractivity contribution is 7.08. The number of aromatic amines is 2. The van der Waals surface area contributed by atoms with E-state index in [1.165, 1.54) is 0 Å². The van der Waals surface area contributed by atoms with Crippen LogP contribution in [0.25, 0.3) is 55.8 Å². The number of hydrogen-bond donors (Lipinski definition) is 2. The van der Waals surface area contributed by atoms with E-state index in [2.05, 4.69) is 48.2 Å². The molecule has 6 aromatic rings. The summed E-state index contributed by atoms with van der Waals surface area (Å²) in [4.78, 5) is 12.9. The maximum atomic E-state index is 4.86. The van der Waals surface area contributed by atoms with E-state index < -0.39 is 0 Å². The molecule has 0 amide bonds. The van der Waals surface area contributed by atoms with Crippen LogP contribution >= 0.6 is 11.3 Å². The first-order chi connectivity index (χ1) is 14.3. The highest BCUT2D eigenvalue weighted by Crippen LogP contribution is 2.33. The molecule has 6 heterocycles. The van der Waals surface area contributed by atoms with Crippen LogP contribution in [0, 0.1) is 0 Å². The normalized spacial score (nSPS) is 11.6. The fraction of sp³-hybridized carbons (Fsp3) is 0.0476. The first kappa shape index (κ1) is 16.2. The third kappa shape index (κ3) is 2.57. The van der Waals surface area contributed by atoms with Gasteiger partial charge in [-0.2, -0.15) is 21.5 Å². The molecule has 0 fully saturated rings. The summed E-state index contributed by atoms with van der Waals surface area (Å²) in [6.45, 7) is 0. The fourth-order valence-electron chi connectivity index (χ4n) is 3.61. The average Bonchev–Trinajstić information content (AvgIpc) is 3.51. The van der Waals surface area contributed by atoms with Crippen molar-refractivity contribution in [1.82, 2.24) is 34.9 Å². The molecular weight excluding hydrogens is 382 g/mol. The van der Waals surface area contributed by atoms with Crippen LogP contribution in [0.1, 0.15) is 0 Å². The van der Waals surface area contributed by atoms with Gasteiger partial charge in [-0.3, -0.25) is 14.8 Å². The van der Waals surface area contributed by atoms with E-state index >= 15 is 0 Å². The zero-order chi connectivity index (χ0) is 19.4. The van der Waals surface area contributed by atoms with Crippen molar-refractivity contribution in [3.63, 3.8) is 0 Å². The van der Waals surface area contributed by atoms with Crippen molar-refractivity contribution < 1.29 is 0 Å². The van der Waals surface area contributed by atoms with Crippen molar-refractivity contribution in [3.05, 3.63) is 59.7 Å². The number of nitrogens with zero attached hydrogens (tertiary/aromatic N) is 5. The summed E-state index contributed by atoms with van der Waals surface area (Å²) in [5, 5.41) is 17.1. The van der Waals surface area contributed by atoms with Gasteiger partial charge in [-0.1, -0.05) is 0 Å². The second kappa shape index (κ2) is 6.11. The third-order valence-corrected chi connectivity index (χ3v) is 5.69. The highest BCUT2D eigenvalue weighted by Gasteiger charge is 2.16. The molecule has 0 aliphatic rings. The van der Waals surface area contributed by atoms with E-state index in [-0.39, 0.29) is 0 Å². The van der Waals surface area contributed by atoms with Gasteiger partial charge in [0.25, 0.3) is 0 Å². The molecule has 6 aromatic heterocycles. The summed E-state index contributed by atoms with van der Waals surface area (Å²) in [5.74, 6) is 0. The van der Waals surface area contributed by atoms with Crippen LogP contribution in [0.4, 0.5) is 0 Å². The molecule has 2 N–H and O–H groups in total. The number of nitrogens with one attached hydrogen (secondary N) is 2. The van der Waals surface area contributed by atoms with Crippen LogP contribution in [0.15, 0.2) is 59.7 Å². The molecule has 0 saturated heterocycles. The second-order valence-corrected chi connectivity index (χ2v) is 7.66. The van der Waals surface area contributed by atoms with Crippen LogP contribution in [-0.2, 0) is 7.05 Å². The second-order valence-electron chi connectivity index (χ2n) is 6.88. The molecule has 0 aromatic carbocycles. The van der Waals surface area contributed by atoms with Gasteiger partial charge in [-0.05, 0) is 35.7 Å². The van der Waals surface area contributed by atoms with Crippen molar-refractivity contribution in [3.8, 4) is 33.9 Å². The lowest BCUT2D eigenvalue weighted by Gasteiger charge is -1.98. The Morgan fingerprint density at radius 2 is 2.00 bits per heavy atom. The monoisotopic (exact) mass is 397 g/mol. The minimum Gasteiger partial charge on any atom is -0.353 e. The Labute approximate surface area is 169 Å². The molecule has 0 spiro atoms. The predicted molar refractivity (Wildman–Crippen MR) is 114 cm³/mol. The number of pyridine rings is 2. The van der Waals surface area contributed by atoms with Crippen LogP contribution < -0.4 is 0 Å². The molecule has 0 aliphatic carbocycles. The van der Waals surface area contributed by atoms with E-state index in [0.29, 0.717) is 0 Å². The maximum absolute atomic E-state index is 4.86. The lowest BCUT2D eigenvalue weighted by Crippen LogP contribution is -1.86. The molecule has 0 bridgehead atoms. The maximum Gasteiger partial charge on any atom is 0.135 e. The number of rotatable bonds is 3. The number of H-pyrrole nitrogens is 2. The molecule has 0 unspecified atom stereocenters. The van der Waals surface area contributed by atoms with Crippen molar-refractivity contribution in [2.24, 2.45) is 7.05 Å². The van der Waals surface area contributed by atoms with Gasteiger partial charge in [0.15, 0.2) is 0 Å². The minimum absolute atomic E-state index is 0.790. The Morgan fingerprint density at radius 1 is 1.03 bits per heavy atom. The fourth-order valence-corrected chi connectivity index (χ4v) is 4.25. The highest BCUT2D eigenvalue weighted by atomic mass is 32.1. The van der Waals surface area contributed by atoms with E-state index in [1.807, 2.05) is 43.8 Å². The molecule has 29 heavy (non-hydrogen) atoms. The summed E-state index contributed by atoms with van der Waals surface area (Å²) < 4.78 is 1.77.